The molecule has 10 heavy (non-hydrogen) atoms. The number of allylic oxidation sites excluding steroid dienone is 2. The number of rotatable bonds is 3. The van der Waals surface area contributed by atoms with Crippen molar-refractivity contribution in [2.75, 3.05) is 0 Å². The normalized spacial score (nSPS) is 11.7. The van der Waals surface area contributed by atoms with Gasteiger partial charge in [0.05, 0.1) is 6.07 Å². The van der Waals surface area contributed by atoms with E-state index in [4.69, 9.17) is 5.26 Å². The number of hydrogen-bond donors (Lipinski definition) is 0. The summed E-state index contributed by atoms with van der Waals surface area (Å²) in [5.74, 6) is 0.666. The Morgan fingerprint density at radius 3 is 2.50 bits per heavy atom. The van der Waals surface area contributed by atoms with E-state index in [1.807, 2.05) is 0 Å². The van der Waals surface area contributed by atoms with Crippen LogP contribution in [0.4, 0.5) is 0 Å². The Bertz CT molecular complexity index is 149. The maximum Gasteiger partial charge on any atom is 0.0911 e. The molecule has 1 nitrogen and oxygen atoms in total. The largest absolute Gasteiger partial charge is 0.193 e. The van der Waals surface area contributed by atoms with Crippen molar-refractivity contribution in [2.24, 2.45) is 5.92 Å². The van der Waals surface area contributed by atoms with E-state index in [-0.39, 0.29) is 0 Å². The highest BCUT2D eigenvalue weighted by atomic mass is 14.2. The molecule has 0 unspecified atom stereocenters. The minimum Gasteiger partial charge on any atom is -0.193 e. The molecule has 0 aliphatic heterocycles. The topological polar surface area (TPSA) is 23.8 Å². The van der Waals surface area contributed by atoms with Gasteiger partial charge < -0.3 is 0 Å². The van der Waals surface area contributed by atoms with Crippen molar-refractivity contribution in [3.05, 3.63) is 11.6 Å². The first-order valence-corrected chi connectivity index (χ1v) is 3.78. The minimum atomic E-state index is 0.666. The number of hydrogen-bond acceptors (Lipinski definition) is 1. The van der Waals surface area contributed by atoms with Gasteiger partial charge in [0.25, 0.3) is 0 Å². The molecule has 0 saturated heterocycles. The summed E-state index contributed by atoms with van der Waals surface area (Å²) in [6.45, 7) is 6.42. The first kappa shape index (κ1) is 9.23. The number of nitriles is 1. The molecule has 0 aliphatic rings. The Morgan fingerprint density at radius 2 is 2.20 bits per heavy atom. The van der Waals surface area contributed by atoms with Gasteiger partial charge >= 0.3 is 0 Å². The maximum atomic E-state index is 8.35. The van der Waals surface area contributed by atoms with Gasteiger partial charge in [-0.3, -0.25) is 0 Å². The fourth-order valence-electron chi connectivity index (χ4n) is 0.921. The fraction of sp³-hybridized carbons (Fsp3) is 0.667. The van der Waals surface area contributed by atoms with Crippen molar-refractivity contribution in [3.63, 3.8) is 0 Å². The van der Waals surface area contributed by atoms with E-state index in [1.54, 1.807) is 6.08 Å². The minimum absolute atomic E-state index is 0.666. The predicted molar refractivity (Wildman–Crippen MR) is 43.4 cm³/mol. The third-order valence-electron chi connectivity index (χ3n) is 1.39. The zero-order chi connectivity index (χ0) is 7.98. The highest BCUT2D eigenvalue weighted by Gasteiger charge is 1.97. The molecule has 0 aromatic rings. The van der Waals surface area contributed by atoms with Gasteiger partial charge in [0.2, 0.25) is 0 Å². The van der Waals surface area contributed by atoms with Crippen LogP contribution in [-0.4, -0.2) is 0 Å². The first-order valence-electron chi connectivity index (χ1n) is 3.78. The molecule has 0 atom stereocenters. The summed E-state index contributed by atoms with van der Waals surface area (Å²) in [6.07, 6.45) is 3.73. The summed E-state index contributed by atoms with van der Waals surface area (Å²) >= 11 is 0. The lowest BCUT2D eigenvalue weighted by Crippen LogP contribution is -1.89. The average Bonchev–Trinajstić information content (AvgIpc) is 1.86. The zero-order valence-electron chi connectivity index (χ0n) is 7.02. The second kappa shape index (κ2) is 5.05. The molecule has 1 heteroatoms. The molecule has 0 heterocycles. The lowest BCUT2D eigenvalue weighted by molar-refractivity contribution is 0.630. The van der Waals surface area contributed by atoms with E-state index in [9.17, 15) is 0 Å². The molecule has 0 saturated carbocycles. The summed E-state index contributed by atoms with van der Waals surface area (Å²) < 4.78 is 0. The third kappa shape index (κ3) is 4.14. The van der Waals surface area contributed by atoms with Gasteiger partial charge in [-0.1, -0.05) is 26.3 Å². The molecule has 0 fully saturated rings. The van der Waals surface area contributed by atoms with E-state index < -0.39 is 0 Å². The highest BCUT2D eigenvalue weighted by Crippen LogP contribution is 2.12. The summed E-state index contributed by atoms with van der Waals surface area (Å²) in [7, 11) is 0. The van der Waals surface area contributed by atoms with Gasteiger partial charge in [-0.15, -0.1) is 0 Å². The molecule has 0 spiro atoms. The summed E-state index contributed by atoms with van der Waals surface area (Å²) in [5.41, 5.74) is 1.26. The quantitative estimate of drug-likeness (QED) is 0.549. The summed E-state index contributed by atoms with van der Waals surface area (Å²) in [4.78, 5) is 0. The number of nitrogens with zero attached hydrogens (tertiary/aromatic N) is 1. The van der Waals surface area contributed by atoms with Crippen LogP contribution in [-0.2, 0) is 0 Å². The Morgan fingerprint density at radius 1 is 1.60 bits per heavy atom. The van der Waals surface area contributed by atoms with E-state index in [1.165, 1.54) is 5.57 Å². The smallest absolute Gasteiger partial charge is 0.0911 e. The first-order chi connectivity index (χ1) is 4.70. The molecule has 0 bridgehead atoms. The predicted octanol–water partition coefficient (Wildman–Crippen LogP) is 2.89. The SMILES string of the molecule is CC/C(=C\C#N)CC(C)C. The van der Waals surface area contributed by atoms with Crippen molar-refractivity contribution < 1.29 is 0 Å². The molecular formula is C9H15N. The van der Waals surface area contributed by atoms with Crippen LogP contribution in [0.25, 0.3) is 0 Å². The van der Waals surface area contributed by atoms with E-state index in [0.717, 1.165) is 12.8 Å². The fourth-order valence-corrected chi connectivity index (χ4v) is 0.921. The maximum absolute atomic E-state index is 8.35. The van der Waals surface area contributed by atoms with Crippen LogP contribution in [0, 0.1) is 17.2 Å². The second-order valence-electron chi connectivity index (χ2n) is 2.88. The van der Waals surface area contributed by atoms with Crippen LogP contribution in [0.15, 0.2) is 11.6 Å². The second-order valence-corrected chi connectivity index (χ2v) is 2.88. The molecule has 0 radical (unpaired) electrons. The van der Waals surface area contributed by atoms with E-state index in [0.29, 0.717) is 5.92 Å². The average molecular weight is 137 g/mol. The van der Waals surface area contributed by atoms with E-state index >= 15 is 0 Å². The van der Waals surface area contributed by atoms with E-state index in [2.05, 4.69) is 26.8 Å². The lowest BCUT2D eigenvalue weighted by Gasteiger charge is -2.04. The summed E-state index contributed by atoms with van der Waals surface area (Å²) in [5, 5.41) is 8.35. The molecule has 0 N–H and O–H groups in total. The Kier molecular flexibility index (Phi) is 4.66. The Balaban J connectivity index is 3.86. The monoisotopic (exact) mass is 137 g/mol. The molecule has 56 valence electrons. The molecular weight excluding hydrogens is 122 g/mol. The van der Waals surface area contributed by atoms with Crippen molar-refractivity contribution in [3.8, 4) is 6.07 Å². The highest BCUT2D eigenvalue weighted by molar-refractivity contribution is 5.13. The van der Waals surface area contributed by atoms with Gasteiger partial charge in [0, 0.05) is 6.08 Å². The molecule has 0 aromatic carbocycles. The van der Waals surface area contributed by atoms with Crippen molar-refractivity contribution in [1.82, 2.24) is 0 Å². The van der Waals surface area contributed by atoms with Crippen LogP contribution in [0.3, 0.4) is 0 Å². The van der Waals surface area contributed by atoms with Crippen LogP contribution in [0.1, 0.15) is 33.6 Å². The van der Waals surface area contributed by atoms with Gasteiger partial charge in [-0.05, 0) is 18.8 Å². The standard InChI is InChI=1S/C9H15N/c1-4-9(5-6-10)7-8(2)3/h5,8H,4,7H2,1-3H3/b9-5+. The van der Waals surface area contributed by atoms with Crippen LogP contribution in [0.5, 0.6) is 0 Å². The third-order valence-corrected chi connectivity index (χ3v) is 1.39. The molecule has 0 rings (SSSR count). The van der Waals surface area contributed by atoms with Gasteiger partial charge in [0.1, 0.15) is 0 Å². The van der Waals surface area contributed by atoms with Gasteiger partial charge in [-0.25, -0.2) is 0 Å². The lowest BCUT2D eigenvalue weighted by atomic mass is 10.0. The van der Waals surface area contributed by atoms with Crippen molar-refractivity contribution >= 4 is 0 Å². The van der Waals surface area contributed by atoms with Crippen molar-refractivity contribution in [2.45, 2.75) is 33.6 Å². The van der Waals surface area contributed by atoms with Crippen LogP contribution in [0.2, 0.25) is 0 Å². The summed E-state index contributed by atoms with van der Waals surface area (Å²) in [6, 6.07) is 2.06. The van der Waals surface area contributed by atoms with Crippen LogP contribution >= 0.6 is 0 Å². The van der Waals surface area contributed by atoms with Gasteiger partial charge in [-0.2, -0.15) is 5.26 Å². The van der Waals surface area contributed by atoms with Crippen molar-refractivity contribution in [1.29, 1.82) is 5.26 Å². The zero-order valence-corrected chi connectivity index (χ0v) is 7.02. The Labute approximate surface area is 63.4 Å². The molecule has 0 aromatic heterocycles. The van der Waals surface area contributed by atoms with Gasteiger partial charge in [0.15, 0.2) is 0 Å². The molecule has 0 aliphatic carbocycles. The Hall–Kier alpha value is -0.770. The molecule has 0 amide bonds. The van der Waals surface area contributed by atoms with Crippen LogP contribution < -0.4 is 0 Å².